The molecule has 0 aliphatic carbocycles. The monoisotopic (exact) mass is 344 g/mol. The lowest BCUT2D eigenvalue weighted by Gasteiger charge is -2.19. The van der Waals surface area contributed by atoms with E-state index in [0.717, 1.165) is 4.47 Å². The molecule has 110 valence electrons. The average molecular weight is 345 g/mol. The number of rotatable bonds is 3. The topological polar surface area (TPSA) is 76.7 Å². The van der Waals surface area contributed by atoms with Gasteiger partial charge in [0.1, 0.15) is 11.4 Å². The van der Waals surface area contributed by atoms with Crippen LogP contribution < -0.4 is 15.6 Å². The van der Waals surface area contributed by atoms with Crippen LogP contribution in [0.3, 0.4) is 0 Å². The molecule has 1 aromatic rings. The maximum atomic E-state index is 11.4. The summed E-state index contributed by atoms with van der Waals surface area (Å²) in [5, 5.41) is 0. The van der Waals surface area contributed by atoms with E-state index < -0.39 is 17.6 Å². The van der Waals surface area contributed by atoms with Gasteiger partial charge in [-0.25, -0.2) is 10.2 Å². The van der Waals surface area contributed by atoms with Gasteiger partial charge in [0, 0.05) is 4.47 Å². The third kappa shape index (κ3) is 6.98. The van der Waals surface area contributed by atoms with Gasteiger partial charge in [0.25, 0.3) is 5.91 Å². The molecule has 6 nitrogen and oxygen atoms in total. The first-order valence-corrected chi connectivity index (χ1v) is 6.72. The molecule has 0 bridgehead atoms. The van der Waals surface area contributed by atoms with E-state index in [1.54, 1.807) is 45.0 Å². The molecule has 0 aliphatic rings. The van der Waals surface area contributed by atoms with Gasteiger partial charge in [0.2, 0.25) is 0 Å². The first-order valence-electron chi connectivity index (χ1n) is 5.92. The summed E-state index contributed by atoms with van der Waals surface area (Å²) in [6, 6.07) is 7.04. The van der Waals surface area contributed by atoms with Crippen molar-refractivity contribution in [3.8, 4) is 5.75 Å². The van der Waals surface area contributed by atoms with Crippen LogP contribution >= 0.6 is 15.9 Å². The van der Waals surface area contributed by atoms with E-state index in [4.69, 9.17) is 9.47 Å². The molecule has 0 heterocycles. The van der Waals surface area contributed by atoms with E-state index in [9.17, 15) is 9.59 Å². The summed E-state index contributed by atoms with van der Waals surface area (Å²) in [6.45, 7) is 4.97. The van der Waals surface area contributed by atoms with Gasteiger partial charge in [-0.15, -0.1) is 0 Å². The Morgan fingerprint density at radius 1 is 1.15 bits per heavy atom. The fourth-order valence-corrected chi connectivity index (χ4v) is 1.40. The number of carbonyl (C=O) groups is 2. The first kappa shape index (κ1) is 16.3. The van der Waals surface area contributed by atoms with Gasteiger partial charge in [-0.1, -0.05) is 15.9 Å². The number of hydrazine groups is 1. The summed E-state index contributed by atoms with van der Waals surface area (Å²) in [5.74, 6) is 0.0689. The van der Waals surface area contributed by atoms with Crippen molar-refractivity contribution in [1.29, 1.82) is 0 Å². The highest BCUT2D eigenvalue weighted by Crippen LogP contribution is 2.15. The van der Waals surface area contributed by atoms with Crippen LogP contribution in [0.1, 0.15) is 20.8 Å². The third-order valence-electron chi connectivity index (χ3n) is 1.89. The highest BCUT2D eigenvalue weighted by atomic mass is 79.9. The molecule has 0 atom stereocenters. The van der Waals surface area contributed by atoms with Gasteiger partial charge in [0.15, 0.2) is 6.61 Å². The lowest BCUT2D eigenvalue weighted by Crippen LogP contribution is -2.45. The van der Waals surface area contributed by atoms with Crippen LogP contribution in [-0.2, 0) is 9.53 Å². The van der Waals surface area contributed by atoms with Crippen molar-refractivity contribution in [3.63, 3.8) is 0 Å². The van der Waals surface area contributed by atoms with Gasteiger partial charge in [-0.05, 0) is 45.0 Å². The summed E-state index contributed by atoms with van der Waals surface area (Å²) in [7, 11) is 0. The molecule has 2 amide bonds. The summed E-state index contributed by atoms with van der Waals surface area (Å²) < 4.78 is 11.1. The van der Waals surface area contributed by atoms with Crippen molar-refractivity contribution in [1.82, 2.24) is 10.9 Å². The van der Waals surface area contributed by atoms with E-state index in [2.05, 4.69) is 26.8 Å². The molecule has 0 fully saturated rings. The predicted octanol–water partition coefficient (Wildman–Crippen LogP) is 2.38. The van der Waals surface area contributed by atoms with Gasteiger partial charge in [-0.3, -0.25) is 10.2 Å². The zero-order valence-corrected chi connectivity index (χ0v) is 13.1. The first-order chi connectivity index (χ1) is 9.26. The van der Waals surface area contributed by atoms with Gasteiger partial charge < -0.3 is 9.47 Å². The molecule has 1 rings (SSSR count). The maximum absolute atomic E-state index is 11.4. The molecule has 0 aliphatic heterocycles. The van der Waals surface area contributed by atoms with Crippen LogP contribution in [0, 0.1) is 0 Å². The van der Waals surface area contributed by atoms with Gasteiger partial charge in [0.05, 0.1) is 0 Å². The standard InChI is InChI=1S/C13H17BrN2O4/c1-13(2,3)20-12(18)16-15-11(17)8-19-10-6-4-9(14)5-7-10/h4-7H,8H2,1-3H3,(H,15,17)(H,16,18). The number of nitrogens with one attached hydrogen (secondary N) is 2. The lowest BCUT2D eigenvalue weighted by atomic mass is 10.2. The normalized spacial score (nSPS) is 10.6. The van der Waals surface area contributed by atoms with Gasteiger partial charge >= 0.3 is 6.09 Å². The quantitative estimate of drug-likeness (QED) is 0.825. The summed E-state index contributed by atoms with van der Waals surface area (Å²) in [4.78, 5) is 22.7. The smallest absolute Gasteiger partial charge is 0.426 e. The number of halogens is 1. The molecule has 7 heteroatoms. The number of hydrogen-bond donors (Lipinski definition) is 2. The Labute approximate surface area is 125 Å². The van der Waals surface area contributed by atoms with Crippen molar-refractivity contribution >= 4 is 27.9 Å². The number of amides is 2. The Morgan fingerprint density at radius 2 is 1.75 bits per heavy atom. The largest absolute Gasteiger partial charge is 0.484 e. The van der Waals surface area contributed by atoms with Crippen LogP contribution in [0.5, 0.6) is 5.75 Å². The minimum Gasteiger partial charge on any atom is -0.484 e. The number of ether oxygens (including phenoxy) is 2. The van der Waals surface area contributed by atoms with Crippen LogP contribution in [0.25, 0.3) is 0 Å². The van der Waals surface area contributed by atoms with E-state index in [1.807, 2.05) is 0 Å². The zero-order valence-electron chi connectivity index (χ0n) is 11.5. The fourth-order valence-electron chi connectivity index (χ4n) is 1.14. The van der Waals surface area contributed by atoms with Crippen molar-refractivity contribution in [2.45, 2.75) is 26.4 Å². The SMILES string of the molecule is CC(C)(C)OC(=O)NNC(=O)COc1ccc(Br)cc1. The van der Waals surface area contributed by atoms with Crippen LogP contribution in [0.15, 0.2) is 28.7 Å². The van der Waals surface area contributed by atoms with E-state index >= 15 is 0 Å². The Balaban J connectivity index is 2.27. The molecule has 0 radical (unpaired) electrons. The van der Waals surface area contributed by atoms with Crippen LogP contribution in [-0.4, -0.2) is 24.2 Å². The Bertz CT molecular complexity index is 468. The Morgan fingerprint density at radius 3 is 2.30 bits per heavy atom. The van der Waals surface area contributed by atoms with E-state index in [1.165, 1.54) is 0 Å². The molecule has 20 heavy (non-hydrogen) atoms. The van der Waals surface area contributed by atoms with Crippen LogP contribution in [0.2, 0.25) is 0 Å². The molecule has 0 spiro atoms. The van der Waals surface area contributed by atoms with Crippen LogP contribution in [0.4, 0.5) is 4.79 Å². The second-order valence-electron chi connectivity index (χ2n) is 4.92. The highest BCUT2D eigenvalue weighted by Gasteiger charge is 2.16. The lowest BCUT2D eigenvalue weighted by molar-refractivity contribution is -0.124. The van der Waals surface area contributed by atoms with Crippen molar-refractivity contribution in [3.05, 3.63) is 28.7 Å². The zero-order chi connectivity index (χ0) is 15.2. The molecule has 1 aromatic carbocycles. The van der Waals surface area contributed by atoms with E-state index in [-0.39, 0.29) is 6.61 Å². The molecule has 0 saturated carbocycles. The van der Waals surface area contributed by atoms with Crippen molar-refractivity contribution < 1.29 is 19.1 Å². The highest BCUT2D eigenvalue weighted by molar-refractivity contribution is 9.10. The minimum absolute atomic E-state index is 0.211. The second kappa shape index (κ2) is 7.14. The molecule has 0 aromatic heterocycles. The molecule has 2 N–H and O–H groups in total. The molecular weight excluding hydrogens is 328 g/mol. The molecular formula is C13H17BrN2O4. The molecule has 0 saturated heterocycles. The third-order valence-corrected chi connectivity index (χ3v) is 2.42. The molecule has 0 unspecified atom stereocenters. The Kier molecular flexibility index (Phi) is 5.82. The van der Waals surface area contributed by atoms with Crippen molar-refractivity contribution in [2.24, 2.45) is 0 Å². The minimum atomic E-state index is -0.727. The average Bonchev–Trinajstić information content (AvgIpc) is 2.33. The van der Waals surface area contributed by atoms with Crippen molar-refractivity contribution in [2.75, 3.05) is 6.61 Å². The number of carbonyl (C=O) groups excluding carboxylic acids is 2. The summed E-state index contributed by atoms with van der Waals surface area (Å²) in [6.07, 6.45) is -0.727. The van der Waals surface area contributed by atoms with Gasteiger partial charge in [-0.2, -0.15) is 0 Å². The predicted molar refractivity (Wildman–Crippen MR) is 77.1 cm³/mol. The Hall–Kier alpha value is -1.76. The summed E-state index contributed by atoms with van der Waals surface area (Å²) >= 11 is 3.29. The summed E-state index contributed by atoms with van der Waals surface area (Å²) in [5.41, 5.74) is 3.70. The second-order valence-corrected chi connectivity index (χ2v) is 5.83. The fraction of sp³-hybridized carbons (Fsp3) is 0.385. The van der Waals surface area contributed by atoms with E-state index in [0.29, 0.717) is 5.75 Å². The number of hydrogen-bond acceptors (Lipinski definition) is 4. The number of benzene rings is 1. The maximum Gasteiger partial charge on any atom is 0.426 e.